The quantitative estimate of drug-likeness (QED) is 0.865. The summed E-state index contributed by atoms with van der Waals surface area (Å²) in [5.74, 6) is 0. The summed E-state index contributed by atoms with van der Waals surface area (Å²) < 4.78 is 0. The van der Waals surface area contributed by atoms with Crippen LogP contribution in [0.3, 0.4) is 0 Å². The monoisotopic (exact) mass is 284 g/mol. The molecule has 5 nitrogen and oxygen atoms in total. The lowest BCUT2D eigenvalue weighted by molar-refractivity contribution is -0.108. The van der Waals surface area contributed by atoms with E-state index in [1.54, 1.807) is 0 Å². The molecule has 2 heterocycles. The minimum absolute atomic E-state index is 0.328. The summed E-state index contributed by atoms with van der Waals surface area (Å²) in [6, 6.07) is -0.328. The van der Waals surface area contributed by atoms with E-state index in [0.29, 0.717) is 0 Å². The topological polar surface area (TPSA) is 67.2 Å². The Labute approximate surface area is 124 Å². The first kappa shape index (κ1) is 15.1. The SMILES string of the molecule is CC1=NC(/C=C/c2nc(C)c(C)nc2C)=C(C)NC1C=O. The molecule has 110 valence electrons. The second-order valence-electron chi connectivity index (χ2n) is 5.22. The van der Waals surface area contributed by atoms with Gasteiger partial charge in [-0.25, -0.2) is 4.98 Å². The van der Waals surface area contributed by atoms with E-state index in [0.717, 1.165) is 46.2 Å². The van der Waals surface area contributed by atoms with Crippen molar-refractivity contribution >= 4 is 18.1 Å². The van der Waals surface area contributed by atoms with Gasteiger partial charge in [0.15, 0.2) is 0 Å². The molecule has 1 atom stereocenters. The lowest BCUT2D eigenvalue weighted by Crippen LogP contribution is -2.38. The second-order valence-corrected chi connectivity index (χ2v) is 5.22. The van der Waals surface area contributed by atoms with Crippen molar-refractivity contribution in [3.8, 4) is 0 Å². The number of carbonyl (C=O) groups excluding carboxylic acids is 1. The van der Waals surface area contributed by atoms with Crippen molar-refractivity contribution in [2.45, 2.75) is 40.7 Å². The first-order valence-corrected chi connectivity index (χ1v) is 6.90. The molecule has 0 bridgehead atoms. The lowest BCUT2D eigenvalue weighted by Gasteiger charge is -2.20. The van der Waals surface area contributed by atoms with Crippen molar-refractivity contribution in [2.75, 3.05) is 0 Å². The largest absolute Gasteiger partial charge is 0.373 e. The van der Waals surface area contributed by atoms with E-state index in [1.807, 2.05) is 46.8 Å². The summed E-state index contributed by atoms with van der Waals surface area (Å²) in [4.78, 5) is 24.4. The van der Waals surface area contributed by atoms with E-state index in [1.165, 1.54) is 0 Å². The molecule has 0 amide bonds. The van der Waals surface area contributed by atoms with E-state index in [9.17, 15) is 4.79 Å². The predicted octanol–water partition coefficient (Wildman–Crippen LogP) is 2.28. The van der Waals surface area contributed by atoms with Crippen molar-refractivity contribution in [1.29, 1.82) is 0 Å². The van der Waals surface area contributed by atoms with Gasteiger partial charge in [-0.2, -0.15) is 0 Å². The normalized spacial score (nSPS) is 18.7. The molecule has 0 saturated carbocycles. The molecule has 1 aromatic heterocycles. The van der Waals surface area contributed by atoms with Gasteiger partial charge in [0, 0.05) is 11.4 Å². The second kappa shape index (κ2) is 5.99. The Morgan fingerprint density at radius 3 is 2.29 bits per heavy atom. The Morgan fingerprint density at radius 1 is 0.952 bits per heavy atom. The van der Waals surface area contributed by atoms with Gasteiger partial charge in [-0.15, -0.1) is 0 Å². The fraction of sp³-hybridized carbons (Fsp3) is 0.375. The molecule has 1 N–H and O–H groups in total. The lowest BCUT2D eigenvalue weighted by atomic mass is 10.1. The standard InChI is InChI=1S/C16H20N4O/c1-9-10(2)18-14(11(3)17-9)6-7-15-12(4)20-16(8-21)13(5)19-15/h6-8,16,20H,1-5H3/b7-6+. The number of nitrogens with one attached hydrogen (secondary N) is 1. The predicted molar refractivity (Wildman–Crippen MR) is 84.1 cm³/mol. The Morgan fingerprint density at radius 2 is 1.62 bits per heavy atom. The van der Waals surface area contributed by atoms with Gasteiger partial charge in [0.1, 0.15) is 12.3 Å². The number of hydrogen-bond acceptors (Lipinski definition) is 5. The zero-order valence-electron chi connectivity index (χ0n) is 13.1. The van der Waals surface area contributed by atoms with Gasteiger partial charge >= 0.3 is 0 Å². The summed E-state index contributed by atoms with van der Waals surface area (Å²) in [6.07, 6.45) is 4.67. The highest BCUT2D eigenvalue weighted by atomic mass is 16.1. The van der Waals surface area contributed by atoms with Crippen LogP contribution in [0, 0.1) is 20.8 Å². The average molecular weight is 284 g/mol. The molecule has 1 aliphatic rings. The Bertz CT molecular complexity index is 671. The fourth-order valence-electron chi connectivity index (χ4n) is 2.10. The summed E-state index contributed by atoms with van der Waals surface area (Å²) >= 11 is 0. The van der Waals surface area contributed by atoms with E-state index in [-0.39, 0.29) is 6.04 Å². The van der Waals surface area contributed by atoms with Crippen molar-refractivity contribution in [1.82, 2.24) is 15.3 Å². The summed E-state index contributed by atoms with van der Waals surface area (Å²) in [5.41, 5.74) is 6.05. The van der Waals surface area contributed by atoms with Crippen molar-refractivity contribution in [3.05, 3.63) is 40.2 Å². The molecule has 1 aromatic rings. The van der Waals surface area contributed by atoms with Gasteiger partial charge in [0.2, 0.25) is 0 Å². The molecule has 0 spiro atoms. The number of rotatable bonds is 3. The third-order valence-electron chi connectivity index (χ3n) is 3.56. The molecule has 5 heteroatoms. The number of aldehydes is 1. The molecule has 1 unspecified atom stereocenters. The van der Waals surface area contributed by atoms with Crippen LogP contribution in [0.1, 0.15) is 36.6 Å². The molecule has 0 radical (unpaired) electrons. The molecule has 0 fully saturated rings. The molecule has 0 saturated heterocycles. The van der Waals surface area contributed by atoms with Crippen LogP contribution in [-0.4, -0.2) is 28.0 Å². The Kier molecular flexibility index (Phi) is 4.31. The maximum Gasteiger partial charge on any atom is 0.148 e. The number of aryl methyl sites for hydroxylation is 3. The highest BCUT2D eigenvalue weighted by Crippen LogP contribution is 2.15. The van der Waals surface area contributed by atoms with Gasteiger partial charge in [-0.05, 0) is 46.8 Å². The smallest absolute Gasteiger partial charge is 0.148 e. The van der Waals surface area contributed by atoms with Crippen LogP contribution < -0.4 is 5.32 Å². The minimum Gasteiger partial charge on any atom is -0.373 e. The fourth-order valence-corrected chi connectivity index (χ4v) is 2.10. The molecular formula is C16H20N4O. The van der Waals surface area contributed by atoms with Crippen LogP contribution in [0.15, 0.2) is 22.5 Å². The van der Waals surface area contributed by atoms with E-state index < -0.39 is 0 Å². The van der Waals surface area contributed by atoms with Crippen molar-refractivity contribution in [3.63, 3.8) is 0 Å². The maximum absolute atomic E-state index is 10.9. The van der Waals surface area contributed by atoms with E-state index >= 15 is 0 Å². The van der Waals surface area contributed by atoms with Crippen LogP contribution in [-0.2, 0) is 4.79 Å². The van der Waals surface area contributed by atoms with Crippen molar-refractivity contribution < 1.29 is 4.79 Å². The number of aromatic nitrogens is 2. The molecule has 2 rings (SSSR count). The van der Waals surface area contributed by atoms with Gasteiger partial charge in [0.25, 0.3) is 0 Å². The minimum atomic E-state index is -0.328. The zero-order valence-corrected chi connectivity index (χ0v) is 13.1. The van der Waals surface area contributed by atoms with Crippen LogP contribution in [0.2, 0.25) is 0 Å². The Hall–Kier alpha value is -2.30. The number of allylic oxidation sites excluding steroid dienone is 2. The highest BCUT2D eigenvalue weighted by molar-refractivity contribution is 6.01. The summed E-state index contributed by atoms with van der Waals surface area (Å²) in [7, 11) is 0. The third-order valence-corrected chi connectivity index (χ3v) is 3.56. The van der Waals surface area contributed by atoms with Crippen LogP contribution >= 0.6 is 0 Å². The zero-order chi connectivity index (χ0) is 15.6. The summed E-state index contributed by atoms with van der Waals surface area (Å²) in [6.45, 7) is 9.59. The van der Waals surface area contributed by atoms with Gasteiger partial charge in [-0.1, -0.05) is 0 Å². The van der Waals surface area contributed by atoms with Crippen LogP contribution in [0.25, 0.3) is 6.08 Å². The first-order valence-electron chi connectivity index (χ1n) is 6.90. The third kappa shape index (κ3) is 3.24. The van der Waals surface area contributed by atoms with Crippen LogP contribution in [0.4, 0.5) is 0 Å². The summed E-state index contributed by atoms with van der Waals surface area (Å²) in [5, 5.41) is 3.13. The Balaban J connectivity index is 2.30. The first-order chi connectivity index (χ1) is 9.92. The number of nitrogens with zero attached hydrogens (tertiary/aromatic N) is 3. The van der Waals surface area contributed by atoms with Gasteiger partial charge in [-0.3, -0.25) is 9.98 Å². The molecule has 1 aliphatic heterocycles. The van der Waals surface area contributed by atoms with E-state index in [2.05, 4.69) is 20.3 Å². The molecular weight excluding hydrogens is 264 g/mol. The highest BCUT2D eigenvalue weighted by Gasteiger charge is 2.17. The molecule has 0 aliphatic carbocycles. The number of carbonyl (C=O) groups is 1. The number of aliphatic imine (C=N–C) groups is 1. The van der Waals surface area contributed by atoms with Gasteiger partial charge < -0.3 is 10.1 Å². The van der Waals surface area contributed by atoms with E-state index in [4.69, 9.17) is 0 Å². The van der Waals surface area contributed by atoms with Gasteiger partial charge in [0.05, 0.1) is 28.5 Å². The molecule has 21 heavy (non-hydrogen) atoms. The average Bonchev–Trinajstić information content (AvgIpc) is 2.44. The van der Waals surface area contributed by atoms with Crippen molar-refractivity contribution in [2.24, 2.45) is 4.99 Å². The van der Waals surface area contributed by atoms with Crippen LogP contribution in [0.5, 0.6) is 0 Å². The number of hydrogen-bond donors (Lipinski definition) is 1. The molecule has 0 aromatic carbocycles. The maximum atomic E-state index is 10.9.